The Morgan fingerprint density at radius 3 is 2.64 bits per heavy atom. The molecule has 0 saturated heterocycles. The minimum atomic E-state index is 1.07. The van der Waals surface area contributed by atoms with Gasteiger partial charge in [-0.2, -0.15) is 0 Å². The van der Waals surface area contributed by atoms with E-state index in [1.165, 1.54) is 27.0 Å². The molecule has 0 spiro atoms. The van der Waals surface area contributed by atoms with Crippen LogP contribution in [-0.4, -0.2) is 4.98 Å². The van der Waals surface area contributed by atoms with Crippen molar-refractivity contribution in [2.45, 2.75) is 11.8 Å². The molecule has 1 aliphatic heterocycles. The van der Waals surface area contributed by atoms with Gasteiger partial charge in [0.25, 0.3) is 0 Å². The number of benzene rings is 3. The first kappa shape index (κ1) is 17.0. The van der Waals surface area contributed by atoms with E-state index in [4.69, 9.17) is 0 Å². The minimum absolute atomic E-state index is 1.07. The van der Waals surface area contributed by atoms with Crippen LogP contribution in [0.2, 0.25) is 0 Å². The van der Waals surface area contributed by atoms with E-state index in [9.17, 15) is 0 Å². The predicted octanol–water partition coefficient (Wildman–Crippen LogP) is 7.47. The summed E-state index contributed by atoms with van der Waals surface area (Å²) >= 11 is 1.73. The van der Waals surface area contributed by atoms with Gasteiger partial charge in [-0.25, -0.2) is 0 Å². The van der Waals surface area contributed by atoms with Gasteiger partial charge in [0.15, 0.2) is 0 Å². The second kappa shape index (κ2) is 6.77. The number of H-pyrrole nitrogens is 1. The number of thioether (sulfide) groups is 1. The van der Waals surface area contributed by atoms with Crippen LogP contribution in [0, 0.1) is 6.92 Å². The van der Waals surface area contributed by atoms with Crippen LogP contribution >= 0.6 is 11.8 Å². The Morgan fingerprint density at radius 1 is 0.929 bits per heavy atom. The largest absolute Gasteiger partial charge is 0.355 e. The second-order valence-electron chi connectivity index (χ2n) is 7.01. The van der Waals surface area contributed by atoms with Gasteiger partial charge in [0, 0.05) is 43.3 Å². The number of nitrogens with one attached hydrogen (secondary N) is 2. The van der Waals surface area contributed by atoms with E-state index >= 15 is 0 Å². The van der Waals surface area contributed by atoms with Crippen LogP contribution in [0.1, 0.15) is 22.4 Å². The normalized spacial score (nSPS) is 14.1. The van der Waals surface area contributed by atoms with E-state index in [-0.39, 0.29) is 0 Å². The van der Waals surface area contributed by atoms with Gasteiger partial charge in [0.05, 0.1) is 0 Å². The summed E-state index contributed by atoms with van der Waals surface area (Å²) in [6.07, 6.45) is 4.35. The Bertz CT molecular complexity index is 1250. The molecule has 2 heterocycles. The van der Waals surface area contributed by atoms with Gasteiger partial charge < -0.3 is 10.3 Å². The highest BCUT2D eigenvalue weighted by molar-refractivity contribution is 8.08. The summed E-state index contributed by atoms with van der Waals surface area (Å²) in [6, 6.07) is 23.3. The lowest BCUT2D eigenvalue weighted by atomic mass is 10.1. The second-order valence-corrected chi connectivity index (χ2v) is 8.15. The smallest absolute Gasteiger partial charge is 0.0476 e. The topological polar surface area (TPSA) is 27.8 Å². The van der Waals surface area contributed by atoms with Crippen LogP contribution in [0.3, 0.4) is 0 Å². The third-order valence-electron chi connectivity index (χ3n) is 5.11. The molecule has 0 saturated carbocycles. The maximum absolute atomic E-state index is 4.37. The van der Waals surface area contributed by atoms with E-state index < -0.39 is 0 Å². The van der Waals surface area contributed by atoms with Gasteiger partial charge in [-0.05, 0) is 54.5 Å². The van der Waals surface area contributed by atoms with Crippen molar-refractivity contribution in [2.24, 2.45) is 0 Å². The Kier molecular flexibility index (Phi) is 4.10. The molecule has 0 radical (unpaired) electrons. The molecule has 1 aliphatic rings. The van der Waals surface area contributed by atoms with Gasteiger partial charge in [-0.1, -0.05) is 60.8 Å². The fraction of sp³-hybridized carbons (Fsp3) is 0.0400. The average molecular weight is 381 g/mol. The summed E-state index contributed by atoms with van der Waals surface area (Å²) in [4.78, 5) is 5.81. The number of aromatic amines is 1. The van der Waals surface area contributed by atoms with Crippen molar-refractivity contribution >= 4 is 51.1 Å². The first-order chi connectivity index (χ1) is 13.7. The number of aromatic nitrogens is 1. The van der Waals surface area contributed by atoms with Crippen LogP contribution in [-0.2, 0) is 0 Å². The molecule has 2 N–H and O–H groups in total. The number of hydrogen-bond acceptors (Lipinski definition) is 2. The van der Waals surface area contributed by atoms with Crippen LogP contribution < -0.4 is 5.32 Å². The molecule has 28 heavy (non-hydrogen) atoms. The van der Waals surface area contributed by atoms with E-state index in [0.29, 0.717) is 0 Å². The molecule has 0 aliphatic carbocycles. The van der Waals surface area contributed by atoms with Gasteiger partial charge in [-0.15, -0.1) is 0 Å². The number of aryl methyl sites for hydroxylation is 1. The maximum atomic E-state index is 4.37. The SMILES string of the molecule is C=C1Sc2ccc(Nc3ccccc3C)cc2/C=C\c2[nH]c3ccccc3c21. The van der Waals surface area contributed by atoms with Crippen molar-refractivity contribution in [3.05, 3.63) is 95.7 Å². The summed E-state index contributed by atoms with van der Waals surface area (Å²) in [5, 5.41) is 4.76. The maximum Gasteiger partial charge on any atom is 0.0476 e. The van der Waals surface area contributed by atoms with Gasteiger partial charge in [-0.3, -0.25) is 0 Å². The lowest BCUT2D eigenvalue weighted by molar-refractivity contribution is 1.38. The molecule has 0 fully saturated rings. The monoisotopic (exact) mass is 380 g/mol. The zero-order valence-corrected chi connectivity index (χ0v) is 16.4. The fourth-order valence-electron chi connectivity index (χ4n) is 3.66. The Morgan fingerprint density at radius 2 is 1.75 bits per heavy atom. The molecular formula is C25H20N2S. The van der Waals surface area contributed by atoms with Crippen LogP contribution in [0.25, 0.3) is 28.0 Å². The molecule has 0 bridgehead atoms. The number of anilines is 2. The molecule has 1 aromatic heterocycles. The number of para-hydroxylation sites is 2. The molecule has 0 amide bonds. The zero-order valence-electron chi connectivity index (χ0n) is 15.6. The molecule has 3 heteroatoms. The molecule has 0 atom stereocenters. The van der Waals surface area contributed by atoms with E-state index in [1.54, 1.807) is 11.8 Å². The molecular weight excluding hydrogens is 360 g/mol. The van der Waals surface area contributed by atoms with Crippen molar-refractivity contribution in [1.82, 2.24) is 4.98 Å². The Balaban J connectivity index is 1.56. The highest BCUT2D eigenvalue weighted by atomic mass is 32.2. The first-order valence-corrected chi connectivity index (χ1v) is 10.1. The molecule has 4 aromatic rings. The van der Waals surface area contributed by atoms with Gasteiger partial charge in [0.2, 0.25) is 0 Å². The summed E-state index contributed by atoms with van der Waals surface area (Å²) in [5.74, 6) is 0. The van der Waals surface area contributed by atoms with Gasteiger partial charge in [0.1, 0.15) is 0 Å². The van der Waals surface area contributed by atoms with E-state index in [0.717, 1.165) is 27.5 Å². The molecule has 136 valence electrons. The standard InChI is InChI=1S/C25H20N2S/c1-16-7-3-5-9-21(16)26-19-12-14-24-18(15-19)11-13-23-25(17(2)28-24)20-8-4-6-10-22(20)27-23/h3-15,26-27H,2H2,1H3/b13-11-. The van der Waals surface area contributed by atoms with E-state index in [2.05, 4.69) is 103 Å². The first-order valence-electron chi connectivity index (χ1n) is 9.32. The van der Waals surface area contributed by atoms with Crippen LogP contribution in [0.5, 0.6) is 0 Å². The fourth-order valence-corrected chi connectivity index (χ4v) is 4.63. The minimum Gasteiger partial charge on any atom is -0.355 e. The van der Waals surface area contributed by atoms with Gasteiger partial charge >= 0.3 is 0 Å². The quantitative estimate of drug-likeness (QED) is 0.377. The average Bonchev–Trinajstić information content (AvgIpc) is 3.06. The number of rotatable bonds is 2. The summed E-state index contributed by atoms with van der Waals surface area (Å²) < 4.78 is 0. The highest BCUT2D eigenvalue weighted by Crippen LogP contribution is 2.43. The summed E-state index contributed by atoms with van der Waals surface area (Å²) in [5.41, 5.74) is 8.09. The third-order valence-corrected chi connectivity index (χ3v) is 6.15. The zero-order chi connectivity index (χ0) is 19.1. The Hall–Kier alpha value is -3.17. The molecule has 2 nitrogen and oxygen atoms in total. The number of hydrogen-bond donors (Lipinski definition) is 2. The lowest BCUT2D eigenvalue weighted by Gasteiger charge is -2.15. The van der Waals surface area contributed by atoms with Crippen molar-refractivity contribution < 1.29 is 0 Å². The number of fused-ring (bicyclic) bond motifs is 4. The summed E-state index contributed by atoms with van der Waals surface area (Å²) in [6.45, 7) is 6.49. The summed E-state index contributed by atoms with van der Waals surface area (Å²) in [7, 11) is 0. The van der Waals surface area contributed by atoms with Crippen molar-refractivity contribution in [3.63, 3.8) is 0 Å². The van der Waals surface area contributed by atoms with Crippen molar-refractivity contribution in [2.75, 3.05) is 5.32 Å². The molecule has 3 aromatic carbocycles. The van der Waals surface area contributed by atoms with Crippen LogP contribution in [0.4, 0.5) is 11.4 Å². The predicted molar refractivity (Wildman–Crippen MR) is 123 cm³/mol. The molecule has 5 rings (SSSR count). The highest BCUT2D eigenvalue weighted by Gasteiger charge is 2.17. The third kappa shape index (κ3) is 2.94. The van der Waals surface area contributed by atoms with Crippen molar-refractivity contribution in [3.8, 4) is 0 Å². The lowest BCUT2D eigenvalue weighted by Crippen LogP contribution is -1.94. The van der Waals surface area contributed by atoms with Crippen LogP contribution in [0.15, 0.2) is 78.2 Å². The Labute approximate surface area is 169 Å². The molecule has 0 unspecified atom stereocenters. The van der Waals surface area contributed by atoms with E-state index in [1.807, 2.05) is 0 Å². The van der Waals surface area contributed by atoms with Crippen molar-refractivity contribution in [1.29, 1.82) is 0 Å².